The highest BCUT2D eigenvalue weighted by Crippen LogP contribution is 2.19. The van der Waals surface area contributed by atoms with E-state index in [-0.39, 0.29) is 12.1 Å². The normalized spacial score (nSPS) is 13.9. The van der Waals surface area contributed by atoms with Crippen LogP contribution in [0.3, 0.4) is 0 Å². The van der Waals surface area contributed by atoms with Crippen LogP contribution in [0.1, 0.15) is 90.9 Å². The van der Waals surface area contributed by atoms with Crippen molar-refractivity contribution in [2.45, 2.75) is 103 Å². The minimum Gasteiger partial charge on any atom is -0.209 e. The fraction of sp³-hybridized carbons (Fsp3) is 1.00. The van der Waals surface area contributed by atoms with E-state index in [0.717, 1.165) is 25.7 Å². The lowest BCUT2D eigenvalue weighted by molar-refractivity contribution is 0.404. The number of nitrogens with zero attached hydrogens (tertiary/aromatic N) is 2. The number of rotatable bonds is 15. The van der Waals surface area contributed by atoms with E-state index in [0.29, 0.717) is 0 Å². The SMILES string of the molecule is CCCCCCCC(N=N)C(CCCCCCC)N=N. The Bertz CT molecular complexity index is 207. The molecule has 0 aromatic heterocycles. The largest absolute Gasteiger partial charge is 0.209 e. The lowest BCUT2D eigenvalue weighted by Gasteiger charge is -2.17. The third-order valence-corrected chi connectivity index (χ3v) is 3.98. The highest BCUT2D eigenvalue weighted by Gasteiger charge is 2.19. The molecule has 4 nitrogen and oxygen atoms in total. The first-order valence-corrected chi connectivity index (χ1v) is 8.53. The molecule has 2 atom stereocenters. The monoisotopic (exact) mass is 282 g/mol. The summed E-state index contributed by atoms with van der Waals surface area (Å²) in [5, 5.41) is 7.46. The summed E-state index contributed by atoms with van der Waals surface area (Å²) >= 11 is 0. The third-order valence-electron chi connectivity index (χ3n) is 3.98. The van der Waals surface area contributed by atoms with E-state index in [2.05, 4.69) is 24.1 Å². The molecule has 0 amide bonds. The van der Waals surface area contributed by atoms with Gasteiger partial charge in [0.25, 0.3) is 0 Å². The van der Waals surface area contributed by atoms with E-state index in [1.807, 2.05) is 0 Å². The summed E-state index contributed by atoms with van der Waals surface area (Å²) in [6.45, 7) is 4.44. The van der Waals surface area contributed by atoms with E-state index in [1.165, 1.54) is 51.4 Å². The average Bonchev–Trinajstić information content (AvgIpc) is 2.48. The molecule has 0 radical (unpaired) electrons. The van der Waals surface area contributed by atoms with Crippen LogP contribution in [0.25, 0.3) is 0 Å². The van der Waals surface area contributed by atoms with Crippen LogP contribution in [0.4, 0.5) is 0 Å². The first-order chi connectivity index (χ1) is 9.79. The summed E-state index contributed by atoms with van der Waals surface area (Å²) < 4.78 is 0. The molecule has 20 heavy (non-hydrogen) atoms. The van der Waals surface area contributed by atoms with E-state index >= 15 is 0 Å². The zero-order valence-electron chi connectivity index (χ0n) is 13.5. The minimum absolute atomic E-state index is 0.0553. The molecule has 0 heterocycles. The third kappa shape index (κ3) is 10.0. The molecule has 0 fully saturated rings. The maximum atomic E-state index is 7.34. The van der Waals surface area contributed by atoms with Gasteiger partial charge >= 0.3 is 0 Å². The molecule has 0 aromatic carbocycles. The molecule has 118 valence electrons. The van der Waals surface area contributed by atoms with Gasteiger partial charge in [-0.25, -0.2) is 11.1 Å². The summed E-state index contributed by atoms with van der Waals surface area (Å²) in [4.78, 5) is 0. The molecule has 4 heteroatoms. The molecule has 0 aliphatic rings. The predicted molar refractivity (Wildman–Crippen MR) is 84.6 cm³/mol. The van der Waals surface area contributed by atoms with Crippen molar-refractivity contribution in [2.75, 3.05) is 0 Å². The first kappa shape index (κ1) is 19.2. The second kappa shape index (κ2) is 14.6. The van der Waals surface area contributed by atoms with Crippen LogP contribution in [-0.2, 0) is 0 Å². The van der Waals surface area contributed by atoms with Crippen molar-refractivity contribution < 1.29 is 0 Å². The Labute approximate surface area is 125 Å². The maximum Gasteiger partial charge on any atom is 0.0946 e. The summed E-state index contributed by atoms with van der Waals surface area (Å²) in [7, 11) is 0. The topological polar surface area (TPSA) is 72.4 Å². The van der Waals surface area contributed by atoms with Gasteiger partial charge in [-0.05, 0) is 12.8 Å². The highest BCUT2D eigenvalue weighted by atomic mass is 15.1. The lowest BCUT2D eigenvalue weighted by Crippen LogP contribution is -2.22. The van der Waals surface area contributed by atoms with Gasteiger partial charge in [0.1, 0.15) is 0 Å². The fourth-order valence-electron chi connectivity index (χ4n) is 2.60. The van der Waals surface area contributed by atoms with Crippen LogP contribution >= 0.6 is 0 Å². The Balaban J connectivity index is 3.84. The van der Waals surface area contributed by atoms with Gasteiger partial charge in [0.15, 0.2) is 0 Å². The summed E-state index contributed by atoms with van der Waals surface area (Å²) in [5.74, 6) is 0. The standard InChI is InChI=1S/C16H34N4/c1-3-5-7-9-11-13-15(19-17)16(20-18)14-12-10-8-6-4-2/h15-18H,3-14H2,1-2H3. The van der Waals surface area contributed by atoms with Gasteiger partial charge in [0, 0.05) is 0 Å². The van der Waals surface area contributed by atoms with Gasteiger partial charge in [-0.2, -0.15) is 10.2 Å². The molecule has 0 saturated heterocycles. The molecule has 2 unspecified atom stereocenters. The lowest BCUT2D eigenvalue weighted by atomic mass is 9.97. The summed E-state index contributed by atoms with van der Waals surface area (Å²) in [6.07, 6.45) is 14.2. The van der Waals surface area contributed by atoms with Crippen LogP contribution in [0.2, 0.25) is 0 Å². The van der Waals surface area contributed by atoms with Crippen LogP contribution in [0.15, 0.2) is 10.2 Å². The van der Waals surface area contributed by atoms with Crippen molar-refractivity contribution in [1.82, 2.24) is 0 Å². The van der Waals surface area contributed by atoms with Crippen LogP contribution in [0, 0.1) is 11.1 Å². The fourth-order valence-corrected chi connectivity index (χ4v) is 2.60. The van der Waals surface area contributed by atoms with E-state index < -0.39 is 0 Å². The second-order valence-electron chi connectivity index (χ2n) is 5.80. The molecule has 0 aliphatic carbocycles. The first-order valence-electron chi connectivity index (χ1n) is 8.53. The Morgan fingerprint density at radius 2 is 0.950 bits per heavy atom. The smallest absolute Gasteiger partial charge is 0.0946 e. The molecule has 0 bridgehead atoms. The number of hydrogen-bond donors (Lipinski definition) is 2. The van der Waals surface area contributed by atoms with Crippen molar-refractivity contribution in [1.29, 1.82) is 11.1 Å². The molecule has 0 saturated carbocycles. The van der Waals surface area contributed by atoms with Crippen LogP contribution < -0.4 is 0 Å². The van der Waals surface area contributed by atoms with Gasteiger partial charge in [-0.15, -0.1) is 0 Å². The van der Waals surface area contributed by atoms with Crippen LogP contribution in [-0.4, -0.2) is 12.1 Å². The molecule has 2 N–H and O–H groups in total. The van der Waals surface area contributed by atoms with Crippen LogP contribution in [0.5, 0.6) is 0 Å². The number of unbranched alkanes of at least 4 members (excludes halogenated alkanes) is 8. The van der Waals surface area contributed by atoms with E-state index in [1.54, 1.807) is 0 Å². The minimum atomic E-state index is -0.0553. The molecular formula is C16H34N4. The van der Waals surface area contributed by atoms with Crippen molar-refractivity contribution in [2.24, 2.45) is 10.2 Å². The number of hydrogen-bond acceptors (Lipinski definition) is 4. The van der Waals surface area contributed by atoms with E-state index in [4.69, 9.17) is 11.1 Å². The Morgan fingerprint density at radius 3 is 1.25 bits per heavy atom. The molecule has 0 aromatic rings. The zero-order valence-corrected chi connectivity index (χ0v) is 13.5. The Morgan fingerprint density at radius 1 is 0.600 bits per heavy atom. The Kier molecular flexibility index (Phi) is 14.0. The second-order valence-corrected chi connectivity index (χ2v) is 5.80. The zero-order chi connectivity index (χ0) is 15.1. The molecule has 0 rings (SSSR count). The Hall–Kier alpha value is -0.800. The molecular weight excluding hydrogens is 248 g/mol. The van der Waals surface area contributed by atoms with Crippen molar-refractivity contribution in [3.05, 3.63) is 0 Å². The van der Waals surface area contributed by atoms with Crippen molar-refractivity contribution in [3.8, 4) is 0 Å². The quantitative estimate of drug-likeness (QED) is 0.254. The van der Waals surface area contributed by atoms with E-state index in [9.17, 15) is 0 Å². The van der Waals surface area contributed by atoms with Crippen molar-refractivity contribution >= 4 is 0 Å². The summed E-state index contributed by atoms with van der Waals surface area (Å²) in [5.41, 5.74) is 14.7. The highest BCUT2D eigenvalue weighted by molar-refractivity contribution is 4.79. The molecule has 0 aliphatic heterocycles. The molecule has 0 spiro atoms. The van der Waals surface area contributed by atoms with Gasteiger partial charge in [-0.1, -0.05) is 78.1 Å². The summed E-state index contributed by atoms with van der Waals surface area (Å²) in [6, 6.07) is -0.111. The van der Waals surface area contributed by atoms with Gasteiger partial charge < -0.3 is 0 Å². The predicted octanol–water partition coefficient (Wildman–Crippen LogP) is 6.51. The number of nitrogens with one attached hydrogen (secondary N) is 2. The average molecular weight is 282 g/mol. The van der Waals surface area contributed by atoms with Crippen molar-refractivity contribution in [3.63, 3.8) is 0 Å². The van der Waals surface area contributed by atoms with Gasteiger partial charge in [-0.3, -0.25) is 0 Å². The maximum absolute atomic E-state index is 7.34. The van der Waals surface area contributed by atoms with Gasteiger partial charge in [0.05, 0.1) is 12.1 Å². The van der Waals surface area contributed by atoms with Gasteiger partial charge in [0.2, 0.25) is 0 Å².